The molecule has 1 aliphatic rings. The molecule has 2 aromatic carbocycles. The topological polar surface area (TPSA) is 65.1 Å². The van der Waals surface area contributed by atoms with Crippen molar-refractivity contribution in [3.05, 3.63) is 90.0 Å². The lowest BCUT2D eigenvalue weighted by molar-refractivity contribution is -0.139. The largest absolute Gasteiger partial charge is 0.465 e. The standard InChI is InChI=1S/C22H18FNO5/c1-27-21(25)17-10-5-6-13-24(20(17)22(26)28-2)18-11-3-4-12-19(18)29-16-9-7-8-15(23)14-16/h3-14H,1-2H3. The Morgan fingerprint density at radius 3 is 2.41 bits per heavy atom. The molecule has 0 amide bonds. The second-order valence-electron chi connectivity index (χ2n) is 5.84. The normalized spacial score (nSPS) is 13.1. The quantitative estimate of drug-likeness (QED) is 0.710. The number of benzene rings is 2. The van der Waals surface area contributed by atoms with Crippen LogP contribution in [-0.4, -0.2) is 26.2 Å². The van der Waals surface area contributed by atoms with Crippen LogP contribution >= 0.6 is 0 Å². The first-order valence-electron chi connectivity index (χ1n) is 8.62. The zero-order chi connectivity index (χ0) is 20.8. The highest BCUT2D eigenvalue weighted by Gasteiger charge is 2.28. The van der Waals surface area contributed by atoms with Crippen molar-refractivity contribution < 1.29 is 28.2 Å². The van der Waals surface area contributed by atoms with Crippen molar-refractivity contribution in [1.82, 2.24) is 0 Å². The summed E-state index contributed by atoms with van der Waals surface area (Å²) >= 11 is 0. The number of anilines is 1. The van der Waals surface area contributed by atoms with Crippen molar-refractivity contribution in [2.45, 2.75) is 0 Å². The van der Waals surface area contributed by atoms with Crippen LogP contribution in [0, 0.1) is 5.82 Å². The first-order chi connectivity index (χ1) is 14.0. The van der Waals surface area contributed by atoms with E-state index in [9.17, 15) is 14.0 Å². The fraction of sp³-hybridized carbons (Fsp3) is 0.0909. The van der Waals surface area contributed by atoms with Crippen molar-refractivity contribution in [2.24, 2.45) is 0 Å². The third-order valence-electron chi connectivity index (χ3n) is 4.04. The molecule has 3 rings (SSSR count). The van der Waals surface area contributed by atoms with E-state index >= 15 is 0 Å². The second-order valence-corrected chi connectivity index (χ2v) is 5.84. The Labute approximate surface area is 167 Å². The number of allylic oxidation sites excluding steroid dienone is 2. The van der Waals surface area contributed by atoms with Gasteiger partial charge in [-0.05, 0) is 36.4 Å². The van der Waals surface area contributed by atoms with Crippen LogP contribution in [-0.2, 0) is 19.1 Å². The molecule has 0 fully saturated rings. The Kier molecular flexibility index (Phi) is 6.09. The summed E-state index contributed by atoms with van der Waals surface area (Å²) in [5.41, 5.74) is 0.420. The summed E-state index contributed by atoms with van der Waals surface area (Å²) in [6, 6.07) is 12.5. The van der Waals surface area contributed by atoms with Gasteiger partial charge in [-0.1, -0.05) is 24.3 Å². The molecule has 148 valence electrons. The van der Waals surface area contributed by atoms with Crippen LogP contribution in [0.2, 0.25) is 0 Å². The van der Waals surface area contributed by atoms with Gasteiger partial charge in [-0.3, -0.25) is 0 Å². The first-order valence-corrected chi connectivity index (χ1v) is 8.62. The highest BCUT2D eigenvalue weighted by molar-refractivity contribution is 6.05. The van der Waals surface area contributed by atoms with E-state index < -0.39 is 17.8 Å². The molecular weight excluding hydrogens is 377 g/mol. The van der Waals surface area contributed by atoms with Crippen LogP contribution in [0.25, 0.3) is 0 Å². The van der Waals surface area contributed by atoms with Crippen molar-refractivity contribution >= 4 is 17.6 Å². The number of hydrogen-bond donors (Lipinski definition) is 0. The molecular formula is C22H18FNO5. The van der Waals surface area contributed by atoms with Gasteiger partial charge in [0.1, 0.15) is 17.3 Å². The van der Waals surface area contributed by atoms with Gasteiger partial charge in [0.2, 0.25) is 0 Å². The summed E-state index contributed by atoms with van der Waals surface area (Å²) in [5.74, 6) is -1.25. The molecule has 0 unspecified atom stereocenters. The van der Waals surface area contributed by atoms with Crippen molar-refractivity contribution in [2.75, 3.05) is 19.1 Å². The molecule has 2 aromatic rings. The lowest BCUT2D eigenvalue weighted by Gasteiger charge is -2.25. The number of methoxy groups -OCH3 is 2. The van der Waals surface area contributed by atoms with Gasteiger partial charge in [-0.2, -0.15) is 0 Å². The van der Waals surface area contributed by atoms with Gasteiger partial charge in [0.05, 0.1) is 25.5 Å². The van der Waals surface area contributed by atoms with Gasteiger partial charge in [-0.15, -0.1) is 0 Å². The van der Waals surface area contributed by atoms with Crippen LogP contribution < -0.4 is 9.64 Å². The van der Waals surface area contributed by atoms with Crippen LogP contribution in [0.3, 0.4) is 0 Å². The lowest BCUT2D eigenvalue weighted by Crippen LogP contribution is -2.27. The molecule has 0 radical (unpaired) electrons. The van der Waals surface area contributed by atoms with E-state index in [2.05, 4.69) is 0 Å². The molecule has 0 bridgehead atoms. The number of carbonyl (C=O) groups is 2. The summed E-state index contributed by atoms with van der Waals surface area (Å²) in [4.78, 5) is 26.3. The summed E-state index contributed by atoms with van der Waals surface area (Å²) in [5, 5.41) is 0. The number of carbonyl (C=O) groups excluding carboxylic acids is 2. The van der Waals surface area contributed by atoms with Crippen LogP contribution in [0.5, 0.6) is 11.5 Å². The molecule has 29 heavy (non-hydrogen) atoms. The Bertz CT molecular complexity index is 1030. The summed E-state index contributed by atoms with van der Waals surface area (Å²) in [6.07, 6.45) is 6.31. The van der Waals surface area contributed by atoms with Gasteiger partial charge in [0.15, 0.2) is 5.75 Å². The van der Waals surface area contributed by atoms with Crippen LogP contribution in [0.1, 0.15) is 0 Å². The van der Waals surface area contributed by atoms with E-state index in [0.29, 0.717) is 11.4 Å². The van der Waals surface area contributed by atoms with E-state index in [4.69, 9.17) is 14.2 Å². The second kappa shape index (κ2) is 8.88. The molecule has 1 aliphatic heterocycles. The highest BCUT2D eigenvalue weighted by Crippen LogP contribution is 2.36. The third-order valence-corrected chi connectivity index (χ3v) is 4.04. The zero-order valence-electron chi connectivity index (χ0n) is 15.8. The minimum atomic E-state index is -0.734. The predicted octanol–water partition coefficient (Wildman–Crippen LogP) is 4.11. The summed E-state index contributed by atoms with van der Waals surface area (Å²) in [7, 11) is 2.44. The smallest absolute Gasteiger partial charge is 0.355 e. The number of hydrogen-bond acceptors (Lipinski definition) is 6. The van der Waals surface area contributed by atoms with Gasteiger partial charge in [0.25, 0.3) is 0 Å². The van der Waals surface area contributed by atoms with E-state index in [-0.39, 0.29) is 17.0 Å². The predicted molar refractivity (Wildman–Crippen MR) is 105 cm³/mol. The minimum Gasteiger partial charge on any atom is -0.465 e. The molecule has 0 atom stereocenters. The number of esters is 2. The van der Waals surface area contributed by atoms with Crippen molar-refractivity contribution in [3.63, 3.8) is 0 Å². The van der Waals surface area contributed by atoms with E-state index in [1.807, 2.05) is 0 Å². The molecule has 0 saturated heterocycles. The lowest BCUT2D eigenvalue weighted by atomic mass is 10.1. The third kappa shape index (κ3) is 4.35. The van der Waals surface area contributed by atoms with E-state index in [1.165, 1.54) is 43.4 Å². The fourth-order valence-electron chi connectivity index (χ4n) is 2.75. The Balaban J connectivity index is 2.13. The summed E-state index contributed by atoms with van der Waals surface area (Å²) in [6.45, 7) is 0. The van der Waals surface area contributed by atoms with E-state index in [1.54, 1.807) is 48.7 Å². The van der Waals surface area contributed by atoms with Crippen molar-refractivity contribution in [1.29, 1.82) is 0 Å². The Morgan fingerprint density at radius 2 is 1.69 bits per heavy atom. The van der Waals surface area contributed by atoms with Gasteiger partial charge in [-0.25, -0.2) is 14.0 Å². The molecule has 0 aliphatic carbocycles. The zero-order valence-corrected chi connectivity index (χ0v) is 15.8. The number of rotatable bonds is 5. The molecule has 0 aromatic heterocycles. The maximum atomic E-state index is 13.5. The fourth-order valence-corrected chi connectivity index (χ4v) is 2.75. The molecule has 0 spiro atoms. The molecule has 7 heteroatoms. The number of halogens is 1. The summed E-state index contributed by atoms with van der Waals surface area (Å²) < 4.78 is 29.1. The maximum Gasteiger partial charge on any atom is 0.355 e. The van der Waals surface area contributed by atoms with E-state index in [0.717, 1.165) is 0 Å². The molecule has 1 heterocycles. The van der Waals surface area contributed by atoms with Crippen molar-refractivity contribution in [3.8, 4) is 11.5 Å². The Morgan fingerprint density at radius 1 is 0.931 bits per heavy atom. The monoisotopic (exact) mass is 395 g/mol. The molecule has 0 saturated carbocycles. The maximum absolute atomic E-state index is 13.5. The minimum absolute atomic E-state index is 0.0184. The van der Waals surface area contributed by atoms with Crippen LogP contribution in [0.4, 0.5) is 10.1 Å². The molecule has 6 nitrogen and oxygen atoms in total. The molecule has 0 N–H and O–H groups in total. The van der Waals surface area contributed by atoms with Gasteiger partial charge in [0, 0.05) is 12.3 Å². The van der Waals surface area contributed by atoms with Crippen LogP contribution in [0.15, 0.2) is 84.2 Å². The first kappa shape index (κ1) is 19.9. The average Bonchev–Trinajstić information content (AvgIpc) is 2.96. The van der Waals surface area contributed by atoms with Gasteiger partial charge < -0.3 is 19.1 Å². The number of ether oxygens (including phenoxy) is 3. The van der Waals surface area contributed by atoms with Gasteiger partial charge >= 0.3 is 11.9 Å². The highest BCUT2D eigenvalue weighted by atomic mass is 19.1. The SMILES string of the molecule is COC(=O)C1=C(C(=O)OC)N(c2ccccc2Oc2cccc(F)c2)C=CC=C1. The average molecular weight is 395 g/mol. The Hall–Kier alpha value is -3.87. The number of para-hydroxylation sites is 2. The number of nitrogens with zero attached hydrogens (tertiary/aromatic N) is 1.